The maximum Gasteiger partial charge on any atom is 0.573 e. The minimum Gasteiger partial charge on any atom is -0.405 e. The van der Waals surface area contributed by atoms with Crippen LogP contribution in [0.5, 0.6) is 5.75 Å². The van der Waals surface area contributed by atoms with E-state index in [1.54, 1.807) is 18.2 Å². The zero-order chi connectivity index (χ0) is 14.6. The molecular formula is C13H10ClF3N2O. The van der Waals surface area contributed by atoms with E-state index in [4.69, 9.17) is 11.6 Å². The second kappa shape index (κ2) is 6.00. The summed E-state index contributed by atoms with van der Waals surface area (Å²) in [7, 11) is 0. The van der Waals surface area contributed by atoms with Crippen LogP contribution in [0.1, 0.15) is 5.56 Å². The van der Waals surface area contributed by atoms with Crippen LogP contribution >= 0.6 is 11.6 Å². The highest BCUT2D eigenvalue weighted by molar-refractivity contribution is 6.33. The lowest BCUT2D eigenvalue weighted by Crippen LogP contribution is -2.18. The van der Waals surface area contributed by atoms with Gasteiger partial charge in [0.1, 0.15) is 5.75 Å². The monoisotopic (exact) mass is 302 g/mol. The topological polar surface area (TPSA) is 34.1 Å². The summed E-state index contributed by atoms with van der Waals surface area (Å²) in [5.74, 6) is -0.238. The van der Waals surface area contributed by atoms with Crippen LogP contribution in [-0.4, -0.2) is 11.3 Å². The molecule has 7 heteroatoms. The first kappa shape index (κ1) is 14.5. The minimum absolute atomic E-state index is 0.149. The summed E-state index contributed by atoms with van der Waals surface area (Å²) in [5, 5.41) is 3.33. The molecule has 0 aliphatic carbocycles. The Labute approximate surface area is 118 Å². The maximum absolute atomic E-state index is 12.3. The average Bonchev–Trinajstić information content (AvgIpc) is 2.37. The molecule has 0 aliphatic rings. The van der Waals surface area contributed by atoms with Gasteiger partial charge in [0, 0.05) is 24.5 Å². The van der Waals surface area contributed by atoms with Gasteiger partial charge < -0.3 is 10.1 Å². The molecule has 0 amide bonds. The molecule has 0 saturated carbocycles. The van der Waals surface area contributed by atoms with Gasteiger partial charge in [-0.2, -0.15) is 0 Å². The molecule has 1 aromatic carbocycles. The molecule has 0 aliphatic heterocycles. The van der Waals surface area contributed by atoms with E-state index in [1.165, 1.54) is 24.5 Å². The SMILES string of the molecule is FC(F)(F)Oc1ccccc1CNc1ccncc1Cl. The van der Waals surface area contributed by atoms with Gasteiger partial charge in [-0.1, -0.05) is 29.8 Å². The van der Waals surface area contributed by atoms with Gasteiger partial charge in [0.25, 0.3) is 0 Å². The molecule has 1 aromatic heterocycles. The first-order chi connectivity index (χ1) is 9.46. The Kier molecular flexibility index (Phi) is 4.34. The van der Waals surface area contributed by atoms with E-state index in [0.29, 0.717) is 16.3 Å². The lowest BCUT2D eigenvalue weighted by atomic mass is 10.2. The smallest absolute Gasteiger partial charge is 0.405 e. The molecule has 1 heterocycles. The van der Waals surface area contributed by atoms with Gasteiger partial charge in [0.15, 0.2) is 0 Å². The van der Waals surface area contributed by atoms with E-state index >= 15 is 0 Å². The van der Waals surface area contributed by atoms with Gasteiger partial charge in [-0.25, -0.2) is 0 Å². The lowest BCUT2D eigenvalue weighted by molar-refractivity contribution is -0.274. The predicted octanol–water partition coefficient (Wildman–Crippen LogP) is 4.25. The highest BCUT2D eigenvalue weighted by Gasteiger charge is 2.31. The Morgan fingerprint density at radius 3 is 2.65 bits per heavy atom. The summed E-state index contributed by atoms with van der Waals surface area (Å²) in [5.41, 5.74) is 0.959. The fourth-order valence-electron chi connectivity index (χ4n) is 1.58. The Morgan fingerprint density at radius 2 is 1.95 bits per heavy atom. The molecule has 0 atom stereocenters. The summed E-state index contributed by atoms with van der Waals surface area (Å²) in [6.07, 6.45) is -1.74. The molecule has 2 rings (SSSR count). The van der Waals surface area contributed by atoms with Gasteiger partial charge in [0.2, 0.25) is 0 Å². The molecule has 0 saturated heterocycles. The van der Waals surface area contributed by atoms with Crippen LogP contribution in [0.3, 0.4) is 0 Å². The highest BCUT2D eigenvalue weighted by Crippen LogP contribution is 2.27. The van der Waals surface area contributed by atoms with Crippen molar-refractivity contribution in [2.24, 2.45) is 0 Å². The number of benzene rings is 1. The third-order valence-corrected chi connectivity index (χ3v) is 2.74. The predicted molar refractivity (Wildman–Crippen MR) is 69.7 cm³/mol. The summed E-state index contributed by atoms with van der Waals surface area (Å²) in [6, 6.07) is 7.55. The second-order valence-corrected chi connectivity index (χ2v) is 4.27. The van der Waals surface area contributed by atoms with Gasteiger partial charge in [0.05, 0.1) is 10.7 Å². The number of nitrogens with one attached hydrogen (secondary N) is 1. The normalized spacial score (nSPS) is 11.2. The van der Waals surface area contributed by atoms with Crippen molar-refractivity contribution in [2.75, 3.05) is 5.32 Å². The minimum atomic E-state index is -4.72. The van der Waals surface area contributed by atoms with E-state index in [1.807, 2.05) is 0 Å². The number of hydrogen-bond acceptors (Lipinski definition) is 3. The van der Waals surface area contributed by atoms with E-state index in [9.17, 15) is 13.2 Å². The van der Waals surface area contributed by atoms with Crippen molar-refractivity contribution in [3.8, 4) is 5.75 Å². The quantitative estimate of drug-likeness (QED) is 0.917. The molecule has 0 radical (unpaired) electrons. The number of pyridine rings is 1. The van der Waals surface area contributed by atoms with Gasteiger partial charge in [-0.15, -0.1) is 13.2 Å². The highest BCUT2D eigenvalue weighted by atomic mass is 35.5. The summed E-state index contributed by atoms with van der Waals surface area (Å²) >= 11 is 5.90. The molecule has 2 aromatic rings. The Bertz CT molecular complexity index is 590. The standard InChI is InChI=1S/C13H10ClF3N2O/c14-10-8-18-6-5-11(10)19-7-9-3-1-2-4-12(9)20-13(15,16)17/h1-6,8H,7H2,(H,18,19). The van der Waals surface area contributed by atoms with Crippen LogP contribution < -0.4 is 10.1 Å². The van der Waals surface area contributed by atoms with Crippen LogP contribution in [0.25, 0.3) is 0 Å². The average molecular weight is 303 g/mol. The molecule has 0 bridgehead atoms. The number of rotatable bonds is 4. The largest absolute Gasteiger partial charge is 0.573 e. The molecule has 0 unspecified atom stereocenters. The van der Waals surface area contributed by atoms with Crippen LogP contribution in [0.15, 0.2) is 42.7 Å². The zero-order valence-electron chi connectivity index (χ0n) is 10.1. The fraction of sp³-hybridized carbons (Fsp3) is 0.154. The van der Waals surface area contributed by atoms with Crippen molar-refractivity contribution in [2.45, 2.75) is 12.9 Å². The summed E-state index contributed by atoms with van der Waals surface area (Å²) in [6.45, 7) is 0.149. The number of anilines is 1. The van der Waals surface area contributed by atoms with E-state index in [-0.39, 0.29) is 12.3 Å². The summed E-state index contributed by atoms with van der Waals surface area (Å²) in [4.78, 5) is 3.82. The van der Waals surface area contributed by atoms with Crippen LogP contribution in [0, 0.1) is 0 Å². The van der Waals surface area contributed by atoms with Crippen molar-refractivity contribution in [1.82, 2.24) is 4.98 Å². The number of nitrogens with zero attached hydrogens (tertiary/aromatic N) is 1. The molecule has 0 spiro atoms. The van der Waals surface area contributed by atoms with Gasteiger partial charge in [-0.3, -0.25) is 4.98 Å². The number of halogens is 4. The third kappa shape index (κ3) is 4.03. The van der Waals surface area contributed by atoms with Crippen molar-refractivity contribution in [3.63, 3.8) is 0 Å². The Morgan fingerprint density at radius 1 is 1.20 bits per heavy atom. The maximum atomic E-state index is 12.3. The lowest BCUT2D eigenvalue weighted by Gasteiger charge is -2.14. The second-order valence-electron chi connectivity index (χ2n) is 3.86. The number of ether oxygens (including phenoxy) is 1. The Balaban J connectivity index is 2.12. The number of para-hydroxylation sites is 1. The van der Waals surface area contributed by atoms with Crippen LogP contribution in [0.2, 0.25) is 5.02 Å². The molecule has 0 fully saturated rings. The molecule has 106 valence electrons. The van der Waals surface area contributed by atoms with Crippen LogP contribution in [0.4, 0.5) is 18.9 Å². The first-order valence-electron chi connectivity index (χ1n) is 5.63. The van der Waals surface area contributed by atoms with Crippen molar-refractivity contribution in [1.29, 1.82) is 0 Å². The van der Waals surface area contributed by atoms with Crippen molar-refractivity contribution in [3.05, 3.63) is 53.3 Å². The van der Waals surface area contributed by atoms with Gasteiger partial charge in [-0.05, 0) is 12.1 Å². The molecule has 3 nitrogen and oxygen atoms in total. The molecular weight excluding hydrogens is 293 g/mol. The summed E-state index contributed by atoms with van der Waals surface area (Å²) < 4.78 is 40.8. The number of hydrogen-bond donors (Lipinski definition) is 1. The van der Waals surface area contributed by atoms with E-state index < -0.39 is 6.36 Å². The van der Waals surface area contributed by atoms with Crippen molar-refractivity contribution >= 4 is 17.3 Å². The van der Waals surface area contributed by atoms with E-state index in [2.05, 4.69) is 15.0 Å². The fourth-order valence-corrected chi connectivity index (χ4v) is 1.77. The molecule has 20 heavy (non-hydrogen) atoms. The van der Waals surface area contributed by atoms with Crippen LogP contribution in [-0.2, 0) is 6.54 Å². The van der Waals surface area contributed by atoms with Crippen molar-refractivity contribution < 1.29 is 17.9 Å². The molecule has 1 N–H and O–H groups in total. The Hall–Kier alpha value is -1.95. The van der Waals surface area contributed by atoms with Gasteiger partial charge >= 0.3 is 6.36 Å². The number of aromatic nitrogens is 1. The van der Waals surface area contributed by atoms with E-state index in [0.717, 1.165) is 0 Å². The zero-order valence-corrected chi connectivity index (χ0v) is 10.9. The number of alkyl halides is 3. The first-order valence-corrected chi connectivity index (χ1v) is 6.00. The third-order valence-electron chi connectivity index (χ3n) is 2.44.